The van der Waals surface area contributed by atoms with Crippen molar-refractivity contribution < 1.29 is 14.7 Å². The highest BCUT2D eigenvalue weighted by Crippen LogP contribution is 2.23. The third-order valence-electron chi connectivity index (χ3n) is 2.04. The van der Waals surface area contributed by atoms with E-state index in [9.17, 15) is 9.59 Å². The van der Waals surface area contributed by atoms with Crippen molar-refractivity contribution in [2.75, 3.05) is 5.33 Å². The fraction of sp³-hybridized carbons (Fsp3) is 0.273. The van der Waals surface area contributed by atoms with Crippen LogP contribution in [0.1, 0.15) is 22.3 Å². The number of Topliss-reactive ketones (excluding diaryl/α,β-unsaturated/α-hetero) is 1. The van der Waals surface area contributed by atoms with Crippen molar-refractivity contribution >= 4 is 43.6 Å². The van der Waals surface area contributed by atoms with Crippen molar-refractivity contribution in [3.8, 4) is 0 Å². The lowest BCUT2D eigenvalue weighted by Crippen LogP contribution is -2.09. The maximum atomic E-state index is 11.8. The molecule has 0 heterocycles. The highest BCUT2D eigenvalue weighted by atomic mass is 79.9. The molecule has 0 fully saturated rings. The van der Waals surface area contributed by atoms with E-state index in [1.54, 1.807) is 18.2 Å². The maximum Gasteiger partial charge on any atom is 0.307 e. The summed E-state index contributed by atoms with van der Waals surface area (Å²) in [7, 11) is 0. The van der Waals surface area contributed by atoms with Crippen molar-refractivity contribution in [2.45, 2.75) is 12.8 Å². The fourth-order valence-corrected chi connectivity index (χ4v) is 2.39. The standard InChI is InChI=1S/C11H10Br2O3/c12-5-4-9(14)11-7(6-10(15)16)2-1-3-8(11)13/h1-3H,4-6H2,(H,15,16). The van der Waals surface area contributed by atoms with Gasteiger partial charge in [0, 0.05) is 21.8 Å². The van der Waals surface area contributed by atoms with E-state index in [1.807, 2.05) is 0 Å². The van der Waals surface area contributed by atoms with Crippen LogP contribution in [0.5, 0.6) is 0 Å². The van der Waals surface area contributed by atoms with Crippen molar-refractivity contribution in [3.63, 3.8) is 0 Å². The number of hydrogen-bond acceptors (Lipinski definition) is 2. The second-order valence-electron chi connectivity index (χ2n) is 3.21. The number of rotatable bonds is 5. The first-order valence-electron chi connectivity index (χ1n) is 4.64. The van der Waals surface area contributed by atoms with Gasteiger partial charge in [-0.2, -0.15) is 0 Å². The fourth-order valence-electron chi connectivity index (χ4n) is 1.40. The molecule has 0 bridgehead atoms. The molecule has 1 aromatic carbocycles. The Balaban J connectivity index is 3.12. The van der Waals surface area contributed by atoms with Crippen LogP contribution >= 0.6 is 31.9 Å². The smallest absolute Gasteiger partial charge is 0.307 e. The van der Waals surface area contributed by atoms with E-state index in [1.165, 1.54) is 0 Å². The zero-order chi connectivity index (χ0) is 12.1. The number of hydrogen-bond donors (Lipinski definition) is 1. The molecule has 1 aromatic rings. The van der Waals surface area contributed by atoms with Crippen molar-refractivity contribution in [1.82, 2.24) is 0 Å². The van der Waals surface area contributed by atoms with Crippen LogP contribution in [0.2, 0.25) is 0 Å². The lowest BCUT2D eigenvalue weighted by molar-refractivity contribution is -0.136. The molecule has 0 saturated carbocycles. The molecule has 0 amide bonds. The number of alkyl halides is 1. The summed E-state index contributed by atoms with van der Waals surface area (Å²) in [5.41, 5.74) is 1.03. The van der Waals surface area contributed by atoms with E-state index in [0.29, 0.717) is 27.4 Å². The van der Waals surface area contributed by atoms with E-state index >= 15 is 0 Å². The Morgan fingerprint density at radius 2 is 2.00 bits per heavy atom. The number of carbonyl (C=O) groups is 2. The molecule has 0 aromatic heterocycles. The number of benzene rings is 1. The van der Waals surface area contributed by atoms with Crippen LogP contribution in [-0.2, 0) is 11.2 Å². The Morgan fingerprint density at radius 1 is 1.31 bits per heavy atom. The molecule has 0 atom stereocenters. The van der Waals surface area contributed by atoms with Gasteiger partial charge >= 0.3 is 5.97 Å². The van der Waals surface area contributed by atoms with Crippen LogP contribution in [0, 0.1) is 0 Å². The molecule has 86 valence electrons. The van der Waals surface area contributed by atoms with Gasteiger partial charge in [-0.15, -0.1) is 0 Å². The number of carboxylic acid groups (broad SMARTS) is 1. The lowest BCUT2D eigenvalue weighted by Gasteiger charge is -2.08. The summed E-state index contributed by atoms with van der Waals surface area (Å²) in [5.74, 6) is -0.994. The third kappa shape index (κ3) is 3.42. The Bertz CT molecular complexity index is 416. The van der Waals surface area contributed by atoms with Gasteiger partial charge in [-0.05, 0) is 11.6 Å². The van der Waals surface area contributed by atoms with Gasteiger partial charge in [-0.25, -0.2) is 0 Å². The largest absolute Gasteiger partial charge is 0.481 e. The van der Waals surface area contributed by atoms with Gasteiger partial charge in [0.05, 0.1) is 6.42 Å². The molecule has 0 aliphatic heterocycles. The molecule has 0 aliphatic rings. The number of aliphatic carboxylic acids is 1. The Morgan fingerprint density at radius 3 is 2.56 bits per heavy atom. The number of halogens is 2. The zero-order valence-corrected chi connectivity index (χ0v) is 11.5. The molecule has 0 radical (unpaired) electrons. The first kappa shape index (κ1) is 13.4. The minimum absolute atomic E-state index is 0.0550. The van der Waals surface area contributed by atoms with Gasteiger partial charge in [0.25, 0.3) is 0 Å². The van der Waals surface area contributed by atoms with Gasteiger partial charge in [-0.1, -0.05) is 44.0 Å². The van der Waals surface area contributed by atoms with Crippen LogP contribution < -0.4 is 0 Å². The van der Waals surface area contributed by atoms with Crippen LogP contribution in [-0.4, -0.2) is 22.2 Å². The van der Waals surface area contributed by atoms with Crippen LogP contribution in [0.4, 0.5) is 0 Å². The summed E-state index contributed by atoms with van der Waals surface area (Å²) in [6.45, 7) is 0. The van der Waals surface area contributed by atoms with E-state index in [2.05, 4.69) is 31.9 Å². The van der Waals surface area contributed by atoms with Gasteiger partial charge in [0.15, 0.2) is 5.78 Å². The van der Waals surface area contributed by atoms with E-state index in [0.717, 1.165) is 0 Å². The molecule has 5 heteroatoms. The monoisotopic (exact) mass is 348 g/mol. The predicted molar refractivity (Wildman–Crippen MR) is 68.2 cm³/mol. The summed E-state index contributed by atoms with van der Waals surface area (Å²) >= 11 is 6.47. The van der Waals surface area contributed by atoms with Crippen LogP contribution in [0.3, 0.4) is 0 Å². The lowest BCUT2D eigenvalue weighted by atomic mass is 10.00. The molecular formula is C11H10Br2O3. The van der Waals surface area contributed by atoms with Gasteiger partial charge < -0.3 is 5.11 Å². The van der Waals surface area contributed by atoms with Crippen molar-refractivity contribution in [1.29, 1.82) is 0 Å². The molecule has 0 spiro atoms. The van der Waals surface area contributed by atoms with E-state index in [4.69, 9.17) is 5.11 Å². The molecule has 0 saturated heterocycles. The first-order valence-corrected chi connectivity index (χ1v) is 6.56. The van der Waals surface area contributed by atoms with E-state index < -0.39 is 5.97 Å². The summed E-state index contributed by atoms with van der Waals surface area (Å²) in [4.78, 5) is 22.5. The molecule has 1 rings (SSSR count). The molecule has 3 nitrogen and oxygen atoms in total. The summed E-state index contributed by atoms with van der Waals surface area (Å²) in [6, 6.07) is 5.14. The SMILES string of the molecule is O=C(O)Cc1cccc(Br)c1C(=O)CCBr. The summed E-state index contributed by atoms with van der Waals surface area (Å²) in [6.07, 6.45) is 0.220. The quantitative estimate of drug-likeness (QED) is 0.656. The number of carboxylic acids is 1. The molecular weight excluding hydrogens is 340 g/mol. The predicted octanol–water partition coefficient (Wildman–Crippen LogP) is 3.04. The topological polar surface area (TPSA) is 54.4 Å². The normalized spacial score (nSPS) is 10.1. The van der Waals surface area contributed by atoms with Gasteiger partial charge in [0.1, 0.15) is 0 Å². The van der Waals surface area contributed by atoms with Crippen molar-refractivity contribution in [3.05, 3.63) is 33.8 Å². The minimum atomic E-state index is -0.939. The molecule has 16 heavy (non-hydrogen) atoms. The summed E-state index contributed by atoms with van der Waals surface area (Å²) in [5, 5.41) is 9.33. The van der Waals surface area contributed by atoms with Gasteiger partial charge in [-0.3, -0.25) is 9.59 Å². The molecule has 1 N–H and O–H groups in total. The second-order valence-corrected chi connectivity index (χ2v) is 4.85. The van der Waals surface area contributed by atoms with Crippen LogP contribution in [0.15, 0.2) is 22.7 Å². The second kappa shape index (κ2) is 6.15. The van der Waals surface area contributed by atoms with E-state index in [-0.39, 0.29) is 12.2 Å². The number of ketones is 1. The third-order valence-corrected chi connectivity index (χ3v) is 3.10. The maximum absolute atomic E-state index is 11.8. The highest BCUT2D eigenvalue weighted by molar-refractivity contribution is 9.10. The summed E-state index contributed by atoms with van der Waals surface area (Å²) < 4.78 is 0.650. The van der Waals surface area contributed by atoms with Crippen LogP contribution in [0.25, 0.3) is 0 Å². The Kier molecular flexibility index (Phi) is 5.15. The van der Waals surface area contributed by atoms with Crippen molar-refractivity contribution in [2.24, 2.45) is 0 Å². The van der Waals surface area contributed by atoms with Gasteiger partial charge in [0.2, 0.25) is 0 Å². The molecule has 0 aliphatic carbocycles. The Hall–Kier alpha value is -0.680. The minimum Gasteiger partial charge on any atom is -0.481 e. The first-order chi connectivity index (χ1) is 7.56. The molecule has 0 unspecified atom stereocenters. The average molecular weight is 350 g/mol. The Labute approximate surface area is 110 Å². The number of carbonyl (C=O) groups excluding carboxylic acids is 1. The average Bonchev–Trinajstić information content (AvgIpc) is 2.16. The zero-order valence-electron chi connectivity index (χ0n) is 8.37. The highest BCUT2D eigenvalue weighted by Gasteiger charge is 2.16.